The molecule has 2 atom stereocenters. The van der Waals surface area contributed by atoms with Crippen LogP contribution in [0.1, 0.15) is 91.7 Å². The number of benzene rings is 1. The molecule has 1 aliphatic carbocycles. The van der Waals surface area contributed by atoms with Crippen molar-refractivity contribution in [1.82, 2.24) is 15.5 Å². The molecule has 1 aromatic rings. The second-order valence-electron chi connectivity index (χ2n) is 11.6. The fraction of sp³-hybridized carbons (Fsp3) is 0.630. The summed E-state index contributed by atoms with van der Waals surface area (Å²) < 4.78 is 5.29. The Bertz CT molecular complexity index is 976. The molecule has 10 nitrogen and oxygen atoms in total. The topological polar surface area (TPSA) is 151 Å². The van der Waals surface area contributed by atoms with E-state index in [4.69, 9.17) is 10.5 Å². The van der Waals surface area contributed by atoms with Crippen LogP contribution in [0.3, 0.4) is 0 Å². The van der Waals surface area contributed by atoms with E-state index in [0.29, 0.717) is 5.56 Å². The number of hydrogen-bond donors (Lipinski definition) is 4. The molecule has 0 heterocycles. The Balaban J connectivity index is 2.52. The molecule has 4 amide bonds. The molecule has 37 heavy (non-hydrogen) atoms. The summed E-state index contributed by atoms with van der Waals surface area (Å²) in [4.78, 5) is 53.6. The summed E-state index contributed by atoms with van der Waals surface area (Å²) in [6.45, 7) is 10.3. The Morgan fingerprint density at radius 1 is 1.08 bits per heavy atom. The first-order valence-corrected chi connectivity index (χ1v) is 12.8. The first-order chi connectivity index (χ1) is 17.1. The Kier molecular flexibility index (Phi) is 9.94. The molecule has 10 heteroatoms. The van der Waals surface area contributed by atoms with Crippen molar-refractivity contribution < 1.29 is 29.0 Å². The molecule has 2 rings (SSSR count). The molecular weight excluding hydrogens is 476 g/mol. The summed E-state index contributed by atoms with van der Waals surface area (Å²) in [5, 5.41) is 15.7. The number of hydrogen-bond acceptors (Lipinski definition) is 6. The van der Waals surface area contributed by atoms with Crippen molar-refractivity contribution in [2.24, 2.45) is 5.73 Å². The fourth-order valence-corrected chi connectivity index (χ4v) is 4.50. The van der Waals surface area contributed by atoms with Crippen LogP contribution in [-0.2, 0) is 19.1 Å². The van der Waals surface area contributed by atoms with E-state index in [9.17, 15) is 24.3 Å². The van der Waals surface area contributed by atoms with Crippen molar-refractivity contribution in [1.29, 1.82) is 0 Å². The molecule has 1 saturated carbocycles. The molecule has 5 N–H and O–H groups in total. The van der Waals surface area contributed by atoms with Crippen LogP contribution in [0.2, 0.25) is 0 Å². The molecule has 0 saturated heterocycles. The fourth-order valence-electron chi connectivity index (χ4n) is 4.50. The zero-order valence-corrected chi connectivity index (χ0v) is 22.8. The van der Waals surface area contributed by atoms with Crippen molar-refractivity contribution >= 4 is 23.8 Å². The Morgan fingerprint density at radius 2 is 1.70 bits per heavy atom. The largest absolute Gasteiger partial charge is 0.508 e. The molecule has 1 aliphatic rings. The Labute approximate surface area is 219 Å². The van der Waals surface area contributed by atoms with Gasteiger partial charge in [0, 0.05) is 11.6 Å². The van der Waals surface area contributed by atoms with E-state index in [1.165, 1.54) is 17.0 Å². The highest BCUT2D eigenvalue weighted by atomic mass is 16.6. The summed E-state index contributed by atoms with van der Waals surface area (Å²) in [5.74, 6) is -1.95. The predicted molar refractivity (Wildman–Crippen MR) is 139 cm³/mol. The van der Waals surface area contributed by atoms with Crippen LogP contribution in [0, 0.1) is 0 Å². The first-order valence-electron chi connectivity index (χ1n) is 12.8. The minimum absolute atomic E-state index is 0.0284. The highest BCUT2D eigenvalue weighted by molar-refractivity contribution is 5.95. The normalized spacial score (nSPS) is 16.3. The minimum Gasteiger partial charge on any atom is -0.508 e. The molecule has 1 fully saturated rings. The third kappa shape index (κ3) is 9.26. The van der Waals surface area contributed by atoms with Gasteiger partial charge in [-0.15, -0.1) is 0 Å². The van der Waals surface area contributed by atoms with Gasteiger partial charge in [0.2, 0.25) is 17.7 Å². The van der Waals surface area contributed by atoms with E-state index in [1.54, 1.807) is 53.7 Å². The standard InChI is InChI=1S/C27H42N4O6/c1-26(2,3)31(24(35)20(16-21(28)33)30-25(36)37-27(4,5)6)22(17-11-10-14-19(32)15-17)23(34)29-18-12-8-7-9-13-18/h10-11,14-15,18,20,22,32H,7-9,12-13,16H2,1-6H3,(H2,28,33)(H,29,34)(H,30,36). The highest BCUT2D eigenvalue weighted by Gasteiger charge is 2.42. The van der Waals surface area contributed by atoms with E-state index >= 15 is 0 Å². The minimum atomic E-state index is -1.37. The number of nitrogens with zero attached hydrogens (tertiary/aromatic N) is 1. The zero-order chi connectivity index (χ0) is 28.0. The summed E-state index contributed by atoms with van der Waals surface area (Å²) in [5.41, 5.74) is 4.05. The average Bonchev–Trinajstić information content (AvgIpc) is 2.74. The number of phenolic OH excluding ortho intramolecular Hbond substituents is 1. The SMILES string of the molecule is CC(C)(C)OC(=O)NC(CC(N)=O)C(=O)N(C(C(=O)NC1CCCCC1)c1cccc(O)c1)C(C)(C)C. The van der Waals surface area contributed by atoms with Gasteiger partial charge in [0.15, 0.2) is 0 Å². The Hall–Kier alpha value is -3.30. The van der Waals surface area contributed by atoms with Gasteiger partial charge in [-0.3, -0.25) is 14.4 Å². The maximum Gasteiger partial charge on any atom is 0.408 e. The van der Waals surface area contributed by atoms with Crippen molar-refractivity contribution in [2.45, 2.75) is 109 Å². The van der Waals surface area contributed by atoms with Crippen molar-refractivity contribution in [3.8, 4) is 5.75 Å². The van der Waals surface area contributed by atoms with Gasteiger partial charge in [-0.25, -0.2) is 4.79 Å². The monoisotopic (exact) mass is 518 g/mol. The van der Waals surface area contributed by atoms with E-state index < -0.39 is 53.5 Å². The summed E-state index contributed by atoms with van der Waals surface area (Å²) >= 11 is 0. The van der Waals surface area contributed by atoms with E-state index in [2.05, 4.69) is 10.6 Å². The number of aromatic hydroxyl groups is 1. The molecule has 1 aromatic carbocycles. The smallest absolute Gasteiger partial charge is 0.408 e. The number of nitrogens with one attached hydrogen (secondary N) is 2. The van der Waals surface area contributed by atoms with Crippen LogP contribution in [0.15, 0.2) is 24.3 Å². The highest BCUT2D eigenvalue weighted by Crippen LogP contribution is 2.32. The van der Waals surface area contributed by atoms with Gasteiger partial charge in [-0.1, -0.05) is 31.4 Å². The molecule has 0 spiro atoms. The number of ether oxygens (including phenoxy) is 1. The molecule has 206 valence electrons. The number of carbonyl (C=O) groups excluding carboxylic acids is 4. The van der Waals surface area contributed by atoms with Crippen LogP contribution in [0.5, 0.6) is 5.75 Å². The lowest BCUT2D eigenvalue weighted by Crippen LogP contribution is -2.59. The number of phenols is 1. The van der Waals surface area contributed by atoms with Crippen molar-refractivity contribution in [3.63, 3.8) is 0 Å². The lowest BCUT2D eigenvalue weighted by Gasteiger charge is -2.43. The predicted octanol–water partition coefficient (Wildman–Crippen LogP) is 3.28. The zero-order valence-electron chi connectivity index (χ0n) is 22.8. The number of nitrogens with two attached hydrogens (primary N) is 1. The number of rotatable bonds is 8. The molecule has 0 aromatic heterocycles. The molecule has 2 unspecified atom stereocenters. The van der Waals surface area contributed by atoms with Crippen LogP contribution in [-0.4, -0.2) is 57.0 Å². The van der Waals surface area contributed by atoms with Gasteiger partial charge in [0.1, 0.15) is 23.4 Å². The van der Waals surface area contributed by atoms with E-state index in [1.807, 2.05) is 0 Å². The Morgan fingerprint density at radius 3 is 2.22 bits per heavy atom. The van der Waals surface area contributed by atoms with Gasteiger partial charge in [-0.2, -0.15) is 0 Å². The molecule has 0 radical (unpaired) electrons. The van der Waals surface area contributed by atoms with E-state index in [0.717, 1.165) is 32.1 Å². The molecule has 0 aliphatic heterocycles. The van der Waals surface area contributed by atoms with Gasteiger partial charge >= 0.3 is 6.09 Å². The maximum absolute atomic E-state index is 14.0. The lowest BCUT2D eigenvalue weighted by atomic mass is 9.92. The van der Waals surface area contributed by atoms with Gasteiger partial charge in [-0.05, 0) is 72.1 Å². The first kappa shape index (κ1) is 29.9. The second kappa shape index (κ2) is 12.3. The average molecular weight is 519 g/mol. The second-order valence-corrected chi connectivity index (χ2v) is 11.6. The number of carbonyl (C=O) groups is 4. The van der Waals surface area contributed by atoms with E-state index in [-0.39, 0.29) is 11.8 Å². The van der Waals surface area contributed by atoms with Crippen LogP contribution in [0.25, 0.3) is 0 Å². The lowest BCUT2D eigenvalue weighted by molar-refractivity contribution is -0.149. The van der Waals surface area contributed by atoms with Gasteiger partial charge in [0.25, 0.3) is 0 Å². The maximum atomic E-state index is 14.0. The number of amides is 4. The van der Waals surface area contributed by atoms with Crippen LogP contribution >= 0.6 is 0 Å². The third-order valence-corrected chi connectivity index (χ3v) is 6.00. The van der Waals surface area contributed by atoms with Crippen molar-refractivity contribution in [2.75, 3.05) is 0 Å². The third-order valence-electron chi connectivity index (χ3n) is 6.00. The molecular formula is C27H42N4O6. The van der Waals surface area contributed by atoms with Crippen molar-refractivity contribution in [3.05, 3.63) is 29.8 Å². The number of primary amides is 1. The van der Waals surface area contributed by atoms with Gasteiger partial charge < -0.3 is 31.1 Å². The van der Waals surface area contributed by atoms with Crippen LogP contribution < -0.4 is 16.4 Å². The molecule has 0 bridgehead atoms. The summed E-state index contributed by atoms with van der Waals surface area (Å²) in [7, 11) is 0. The summed E-state index contributed by atoms with van der Waals surface area (Å²) in [6.07, 6.45) is 3.43. The van der Waals surface area contributed by atoms with Crippen LogP contribution in [0.4, 0.5) is 4.79 Å². The quantitative estimate of drug-likeness (QED) is 0.415. The summed E-state index contributed by atoms with van der Waals surface area (Å²) in [6, 6.07) is 3.62. The number of alkyl carbamates (subject to hydrolysis) is 1. The van der Waals surface area contributed by atoms with Gasteiger partial charge in [0.05, 0.1) is 6.42 Å².